The lowest BCUT2D eigenvalue weighted by Gasteiger charge is -2.09. The SMILES string of the molecule is O=C(CCCOc1cc(Cl)c(Cl)cc1Cl)c1ccccc1. The van der Waals surface area contributed by atoms with Crippen molar-refractivity contribution in [3.8, 4) is 5.75 Å². The molecule has 0 amide bonds. The van der Waals surface area contributed by atoms with E-state index in [4.69, 9.17) is 39.5 Å². The zero-order valence-electron chi connectivity index (χ0n) is 11.1. The quantitative estimate of drug-likeness (QED) is 0.383. The number of ether oxygens (including phenoxy) is 1. The topological polar surface area (TPSA) is 26.3 Å². The third-order valence-corrected chi connectivity index (χ3v) is 3.89. The van der Waals surface area contributed by atoms with Gasteiger partial charge in [-0.15, -0.1) is 0 Å². The Bertz CT molecular complexity index is 627. The zero-order valence-corrected chi connectivity index (χ0v) is 13.4. The van der Waals surface area contributed by atoms with Crippen LogP contribution in [-0.4, -0.2) is 12.4 Å². The van der Waals surface area contributed by atoms with Gasteiger partial charge in [-0.2, -0.15) is 0 Å². The minimum absolute atomic E-state index is 0.0967. The highest BCUT2D eigenvalue weighted by Gasteiger charge is 2.08. The molecule has 0 fully saturated rings. The average Bonchev–Trinajstić information content (AvgIpc) is 2.49. The third kappa shape index (κ3) is 4.63. The summed E-state index contributed by atoms with van der Waals surface area (Å²) < 4.78 is 5.53. The maximum absolute atomic E-state index is 11.9. The number of ketones is 1. The van der Waals surface area contributed by atoms with Crippen LogP contribution < -0.4 is 4.74 Å². The monoisotopic (exact) mass is 342 g/mol. The Balaban J connectivity index is 1.83. The molecule has 0 saturated heterocycles. The van der Waals surface area contributed by atoms with Gasteiger partial charge < -0.3 is 4.74 Å². The Morgan fingerprint density at radius 2 is 1.62 bits per heavy atom. The molecule has 0 bridgehead atoms. The summed E-state index contributed by atoms with van der Waals surface area (Å²) in [7, 11) is 0. The van der Waals surface area contributed by atoms with E-state index in [-0.39, 0.29) is 5.78 Å². The molecule has 0 saturated carbocycles. The first-order valence-electron chi connectivity index (χ1n) is 6.43. The van der Waals surface area contributed by atoms with E-state index in [2.05, 4.69) is 0 Å². The predicted octanol–water partition coefficient (Wildman–Crippen LogP) is 5.69. The predicted molar refractivity (Wildman–Crippen MR) is 87.0 cm³/mol. The first-order valence-corrected chi connectivity index (χ1v) is 7.57. The fourth-order valence-corrected chi connectivity index (χ4v) is 2.39. The van der Waals surface area contributed by atoms with Crippen LogP contribution in [0.1, 0.15) is 23.2 Å². The Hall–Kier alpha value is -1.22. The van der Waals surface area contributed by atoms with Crippen molar-refractivity contribution < 1.29 is 9.53 Å². The molecular weight excluding hydrogens is 331 g/mol. The zero-order chi connectivity index (χ0) is 15.2. The molecule has 0 aromatic heterocycles. The minimum Gasteiger partial charge on any atom is -0.492 e. The molecule has 0 N–H and O–H groups in total. The van der Waals surface area contributed by atoms with Crippen LogP contribution in [-0.2, 0) is 0 Å². The molecule has 0 aliphatic rings. The number of carbonyl (C=O) groups is 1. The summed E-state index contributed by atoms with van der Waals surface area (Å²) in [6.07, 6.45) is 1.02. The summed E-state index contributed by atoms with van der Waals surface area (Å²) >= 11 is 17.7. The van der Waals surface area contributed by atoms with Crippen molar-refractivity contribution in [3.63, 3.8) is 0 Å². The Morgan fingerprint density at radius 1 is 0.952 bits per heavy atom. The van der Waals surface area contributed by atoms with E-state index in [1.807, 2.05) is 18.2 Å². The highest BCUT2D eigenvalue weighted by molar-refractivity contribution is 6.43. The molecule has 0 unspecified atom stereocenters. The van der Waals surface area contributed by atoms with Crippen molar-refractivity contribution >= 4 is 40.6 Å². The van der Waals surface area contributed by atoms with E-state index < -0.39 is 0 Å². The van der Waals surface area contributed by atoms with Gasteiger partial charge in [0.15, 0.2) is 5.78 Å². The molecule has 0 spiro atoms. The molecule has 0 radical (unpaired) electrons. The van der Waals surface area contributed by atoms with Gasteiger partial charge in [-0.25, -0.2) is 0 Å². The van der Waals surface area contributed by atoms with Gasteiger partial charge in [-0.05, 0) is 12.5 Å². The Kier molecular flexibility index (Phi) is 5.92. The molecule has 2 nitrogen and oxygen atoms in total. The summed E-state index contributed by atoms with van der Waals surface area (Å²) in [4.78, 5) is 11.9. The number of rotatable bonds is 6. The first kappa shape index (κ1) is 16.2. The van der Waals surface area contributed by atoms with Gasteiger partial charge in [0.2, 0.25) is 0 Å². The van der Waals surface area contributed by atoms with Gasteiger partial charge in [0.05, 0.1) is 21.7 Å². The molecular formula is C16H13Cl3O2. The van der Waals surface area contributed by atoms with E-state index in [0.717, 1.165) is 0 Å². The smallest absolute Gasteiger partial charge is 0.163 e. The van der Waals surface area contributed by atoms with E-state index in [0.29, 0.717) is 45.8 Å². The second-order valence-corrected chi connectivity index (χ2v) is 5.66. The second-order valence-electron chi connectivity index (χ2n) is 4.44. The highest BCUT2D eigenvalue weighted by atomic mass is 35.5. The minimum atomic E-state index is 0.0967. The number of carbonyl (C=O) groups excluding carboxylic acids is 1. The molecule has 2 rings (SSSR count). The fraction of sp³-hybridized carbons (Fsp3) is 0.188. The van der Waals surface area contributed by atoms with Crippen LogP contribution in [0.4, 0.5) is 0 Å². The van der Waals surface area contributed by atoms with E-state index >= 15 is 0 Å². The Morgan fingerprint density at radius 3 is 2.33 bits per heavy atom. The van der Waals surface area contributed by atoms with Gasteiger partial charge >= 0.3 is 0 Å². The summed E-state index contributed by atoms with van der Waals surface area (Å²) in [5, 5.41) is 1.17. The molecule has 21 heavy (non-hydrogen) atoms. The normalized spacial score (nSPS) is 10.4. The second kappa shape index (κ2) is 7.69. The lowest BCUT2D eigenvalue weighted by Crippen LogP contribution is -2.04. The van der Waals surface area contributed by atoms with Crippen molar-refractivity contribution in [2.45, 2.75) is 12.8 Å². The molecule has 0 aliphatic heterocycles. The maximum atomic E-state index is 11.9. The van der Waals surface area contributed by atoms with Gasteiger partial charge in [0, 0.05) is 18.1 Å². The average molecular weight is 344 g/mol. The third-order valence-electron chi connectivity index (χ3n) is 2.88. The summed E-state index contributed by atoms with van der Waals surface area (Å²) in [5.41, 5.74) is 0.713. The van der Waals surface area contributed by atoms with Crippen LogP contribution >= 0.6 is 34.8 Å². The van der Waals surface area contributed by atoms with Crippen LogP contribution in [0.2, 0.25) is 15.1 Å². The van der Waals surface area contributed by atoms with Crippen molar-refractivity contribution in [1.29, 1.82) is 0 Å². The van der Waals surface area contributed by atoms with Crippen molar-refractivity contribution in [1.82, 2.24) is 0 Å². The van der Waals surface area contributed by atoms with E-state index in [1.54, 1.807) is 18.2 Å². The van der Waals surface area contributed by atoms with Crippen molar-refractivity contribution in [2.75, 3.05) is 6.61 Å². The van der Waals surface area contributed by atoms with Crippen LogP contribution in [0.25, 0.3) is 0 Å². The number of hydrogen-bond donors (Lipinski definition) is 0. The fourth-order valence-electron chi connectivity index (χ4n) is 1.80. The van der Waals surface area contributed by atoms with Gasteiger partial charge in [0.1, 0.15) is 5.75 Å². The number of benzene rings is 2. The van der Waals surface area contributed by atoms with Gasteiger partial charge in [-0.1, -0.05) is 65.1 Å². The molecule has 2 aromatic carbocycles. The van der Waals surface area contributed by atoms with Crippen molar-refractivity contribution in [3.05, 3.63) is 63.1 Å². The lowest BCUT2D eigenvalue weighted by atomic mass is 10.1. The van der Waals surface area contributed by atoms with Crippen molar-refractivity contribution in [2.24, 2.45) is 0 Å². The van der Waals surface area contributed by atoms with Crippen LogP contribution in [0, 0.1) is 0 Å². The summed E-state index contributed by atoms with van der Waals surface area (Å²) in [6.45, 7) is 0.385. The highest BCUT2D eigenvalue weighted by Crippen LogP contribution is 2.33. The standard InChI is InChI=1S/C16H13Cl3O2/c17-12-9-14(19)16(10-13(12)18)21-8-4-7-15(20)11-5-2-1-3-6-11/h1-3,5-6,9-10H,4,7-8H2. The number of hydrogen-bond acceptors (Lipinski definition) is 2. The van der Waals surface area contributed by atoms with E-state index in [9.17, 15) is 4.79 Å². The first-order chi connectivity index (χ1) is 10.1. The van der Waals surface area contributed by atoms with Crippen LogP contribution in [0.3, 0.4) is 0 Å². The largest absolute Gasteiger partial charge is 0.492 e. The van der Waals surface area contributed by atoms with Gasteiger partial charge in [-0.3, -0.25) is 4.79 Å². The maximum Gasteiger partial charge on any atom is 0.163 e. The van der Waals surface area contributed by atoms with Crippen LogP contribution in [0.15, 0.2) is 42.5 Å². The molecule has 2 aromatic rings. The molecule has 0 heterocycles. The number of halogens is 3. The molecule has 0 atom stereocenters. The molecule has 5 heteroatoms. The number of Topliss-reactive ketones (excluding diaryl/α,β-unsaturated/α-hetero) is 1. The van der Waals surface area contributed by atoms with Crippen LogP contribution in [0.5, 0.6) is 5.75 Å². The summed E-state index contributed by atoms with van der Waals surface area (Å²) in [5.74, 6) is 0.567. The van der Waals surface area contributed by atoms with E-state index in [1.165, 1.54) is 6.07 Å². The summed E-state index contributed by atoms with van der Waals surface area (Å²) in [6, 6.07) is 12.3. The van der Waals surface area contributed by atoms with Gasteiger partial charge in [0.25, 0.3) is 0 Å². The molecule has 0 aliphatic carbocycles. The lowest BCUT2D eigenvalue weighted by molar-refractivity contribution is 0.0973. The molecule has 110 valence electrons. The Labute approximate surface area is 138 Å².